The van der Waals surface area contributed by atoms with E-state index >= 15 is 0 Å². The first-order valence-corrected chi connectivity index (χ1v) is 0. The van der Waals surface area contributed by atoms with Gasteiger partial charge in [-0.15, -0.1) is 0 Å². The number of rotatable bonds is 0. The van der Waals surface area contributed by atoms with Gasteiger partial charge < -0.3 is 5.48 Å². The van der Waals surface area contributed by atoms with Crippen LogP contribution in [0, 0.1) is 0 Å². The van der Waals surface area contributed by atoms with Gasteiger partial charge in [-0.1, -0.05) is 0 Å². The Morgan fingerprint density at radius 1 is 1.00 bits per heavy atom. The van der Waals surface area contributed by atoms with Gasteiger partial charge in [0.15, 0.2) is 0 Å². The molecule has 0 aliphatic carbocycles. The van der Waals surface area contributed by atoms with Gasteiger partial charge in [0, 0.05) is 114 Å². The molecular weight excluding hydrogens is 707 g/mol. The average molecular weight is 707 g/mol. The fourth-order valence-electron chi connectivity index (χ4n) is 0. The van der Waals surface area contributed by atoms with Crippen molar-refractivity contribution >= 4 is 94.6 Å². The Hall–Kier alpha value is 4.64. The maximum absolute atomic E-state index is 0. The summed E-state index contributed by atoms with van der Waals surface area (Å²) in [5.74, 6) is 0. The minimum atomic E-state index is 0. The van der Waals surface area contributed by atoms with Crippen LogP contribution in [-0.2, 0) is 52.3 Å². The minimum absolute atomic E-state index is 0. The number of hydrogen-bond donors (Lipinski definition) is 0. The quantitative estimate of drug-likeness (QED) is 0.271. The summed E-state index contributed by atoms with van der Waals surface area (Å²) in [7, 11) is 0. The first kappa shape index (κ1) is 61.2. The normalized spacial score (nSPS) is 0. The van der Waals surface area contributed by atoms with Crippen molar-refractivity contribution in [2.75, 3.05) is 0 Å². The summed E-state index contributed by atoms with van der Waals surface area (Å²) in [6.45, 7) is 0. The van der Waals surface area contributed by atoms with Crippen molar-refractivity contribution in [3.05, 3.63) is 0 Å². The van der Waals surface area contributed by atoms with Gasteiger partial charge >= 0.3 is 27.3 Å². The molecule has 0 aromatic carbocycles. The Labute approximate surface area is 143 Å². The third-order valence-corrected chi connectivity index (χ3v) is 0. The van der Waals surface area contributed by atoms with Gasteiger partial charge in [0.1, 0.15) is 0 Å². The van der Waals surface area contributed by atoms with Crippen molar-refractivity contribution < 1.29 is 52.3 Å². The predicted octanol–water partition coefficient (Wildman–Crippen LogP) is -1.65. The maximum atomic E-state index is 0. The Morgan fingerprint density at radius 3 is 1.00 bits per heavy atom. The topological polar surface area (TPSA) is 28.5 Å². The van der Waals surface area contributed by atoms with Crippen LogP contribution in [0.25, 0.3) is 0 Å². The van der Waals surface area contributed by atoms with Gasteiger partial charge in [0.25, 0.3) is 0 Å². The molecule has 0 atom stereocenters. The molecular formula is CdGeInOPbSnZn. The van der Waals surface area contributed by atoms with Crippen molar-refractivity contribution in [1.29, 1.82) is 0 Å². The molecule has 1 nitrogen and oxygen atoms in total. The third-order valence-electron chi connectivity index (χ3n) is 0. The monoisotopic (exact) mass is 711 g/mol. The van der Waals surface area contributed by atoms with Crippen LogP contribution in [0.5, 0.6) is 0 Å². The second kappa shape index (κ2) is 45.9. The summed E-state index contributed by atoms with van der Waals surface area (Å²) in [5.41, 5.74) is 0. The Bertz CT molecular complexity index is 19.7. The summed E-state index contributed by atoms with van der Waals surface area (Å²) < 4.78 is 0. The number of hydrogen-bond acceptors (Lipinski definition) is 0. The van der Waals surface area contributed by atoms with Crippen LogP contribution in [0.2, 0.25) is 0 Å². The van der Waals surface area contributed by atoms with E-state index in [1.54, 1.807) is 0 Å². The fraction of sp³-hybridized carbons (Fsp3) is 0. The third kappa shape index (κ3) is 36.9. The summed E-state index contributed by atoms with van der Waals surface area (Å²) in [6, 6.07) is 0. The molecule has 0 aromatic heterocycles. The van der Waals surface area contributed by atoms with E-state index in [1.807, 2.05) is 0 Å². The van der Waals surface area contributed by atoms with E-state index in [9.17, 15) is 0 Å². The molecule has 7 heavy (non-hydrogen) atoms. The predicted molar refractivity (Wildman–Crippen MR) is 23.7 cm³/mol. The molecule has 0 unspecified atom stereocenters. The van der Waals surface area contributed by atoms with Gasteiger partial charge in [0.05, 0.1) is 0 Å². The molecule has 0 aromatic rings. The Kier molecular flexibility index (Phi) is 402. The molecule has 0 heterocycles. The van der Waals surface area contributed by atoms with E-state index in [2.05, 4.69) is 0 Å². The van der Waals surface area contributed by atoms with Crippen molar-refractivity contribution in [3.63, 3.8) is 0 Å². The zero-order chi connectivity index (χ0) is 0. The van der Waals surface area contributed by atoms with Crippen molar-refractivity contribution in [2.24, 2.45) is 0 Å². The molecule has 0 bridgehead atoms. The van der Waals surface area contributed by atoms with Crippen LogP contribution < -0.4 is 0 Å². The van der Waals surface area contributed by atoms with Gasteiger partial charge in [-0.25, -0.2) is 0 Å². The Balaban J connectivity index is 0. The van der Waals surface area contributed by atoms with Gasteiger partial charge in [0.2, 0.25) is 0 Å². The van der Waals surface area contributed by atoms with Crippen LogP contribution in [0.15, 0.2) is 0 Å². The molecule has 0 amide bonds. The van der Waals surface area contributed by atoms with Crippen molar-refractivity contribution in [2.45, 2.75) is 0 Å². The van der Waals surface area contributed by atoms with Gasteiger partial charge in [-0.05, 0) is 0 Å². The molecule has 0 saturated carbocycles. The van der Waals surface area contributed by atoms with Crippen LogP contribution in [0.3, 0.4) is 0 Å². The van der Waals surface area contributed by atoms with E-state index in [4.69, 9.17) is 0 Å². The second-order valence-corrected chi connectivity index (χ2v) is 0. The van der Waals surface area contributed by atoms with E-state index < -0.39 is 0 Å². The standard InChI is InChI=1S/Cd.Ge.In.O.Pb.Sn.Zn/q;;;-2;+2;;. The molecule has 0 spiro atoms. The molecule has 0 aliphatic rings. The smallest absolute Gasteiger partial charge is 2.00 e. The molecule has 7 heteroatoms. The molecule has 13 radical (unpaired) electrons. The first-order valence-electron chi connectivity index (χ1n) is 0. The molecule has 0 aliphatic heterocycles. The summed E-state index contributed by atoms with van der Waals surface area (Å²) in [6.07, 6.45) is 0. The fourth-order valence-corrected chi connectivity index (χ4v) is 0. The zero-order valence-electron chi connectivity index (χ0n) is 3.90. The van der Waals surface area contributed by atoms with Crippen LogP contribution in [0.1, 0.15) is 0 Å². The molecule has 0 saturated heterocycles. The van der Waals surface area contributed by atoms with Crippen LogP contribution in [-0.4, -0.2) is 94.6 Å². The summed E-state index contributed by atoms with van der Waals surface area (Å²) in [4.78, 5) is 0. The van der Waals surface area contributed by atoms with Crippen LogP contribution in [0.4, 0.5) is 0 Å². The van der Waals surface area contributed by atoms with Crippen molar-refractivity contribution in [3.8, 4) is 0 Å². The zero-order valence-corrected chi connectivity index (χ0v) is 23.0. The SMILES string of the molecule is [Cd].[Ge].[In].[O-2].[Pb+2].[Sn].[Zn]. The van der Waals surface area contributed by atoms with Gasteiger partial charge in [-0.3, -0.25) is 0 Å². The summed E-state index contributed by atoms with van der Waals surface area (Å²) in [5, 5.41) is 0. The Morgan fingerprint density at radius 2 is 1.00 bits per heavy atom. The molecule has 0 N–H and O–H groups in total. The molecule has 0 rings (SSSR count). The maximum Gasteiger partial charge on any atom is 2.00 e. The van der Waals surface area contributed by atoms with Crippen LogP contribution >= 0.6 is 0 Å². The van der Waals surface area contributed by atoms with E-state index in [0.29, 0.717) is 0 Å². The average Bonchev–Trinajstić information content (AvgIpc) is 0. The first-order chi connectivity index (χ1) is 0. The van der Waals surface area contributed by atoms with E-state index in [0.717, 1.165) is 0 Å². The molecule has 0 fully saturated rings. The van der Waals surface area contributed by atoms with E-state index in [-0.39, 0.29) is 147 Å². The van der Waals surface area contributed by atoms with Gasteiger partial charge in [-0.2, -0.15) is 0 Å². The second-order valence-electron chi connectivity index (χ2n) is 0. The van der Waals surface area contributed by atoms with Crippen molar-refractivity contribution in [1.82, 2.24) is 0 Å². The largest absolute Gasteiger partial charge is 2.00 e. The molecule has 25 valence electrons. The minimum Gasteiger partial charge on any atom is -2.00 e. The summed E-state index contributed by atoms with van der Waals surface area (Å²) >= 11 is 0. The van der Waals surface area contributed by atoms with E-state index in [1.165, 1.54) is 0 Å².